The Morgan fingerprint density at radius 3 is 2.17 bits per heavy atom. The molecule has 1 amide bonds. The molecule has 2 aromatic carbocycles. The van der Waals surface area contributed by atoms with E-state index < -0.39 is 56.2 Å². The number of alkyl halides is 6. The number of amides is 1. The van der Waals surface area contributed by atoms with Crippen molar-refractivity contribution in [3.05, 3.63) is 59.4 Å². The van der Waals surface area contributed by atoms with Crippen molar-refractivity contribution < 1.29 is 49.1 Å². The molecule has 2 aliphatic rings. The standard InChI is InChI=1S/C25H26F7N3O4S/c26-16-3-8-20(9-4-16)40(38,39)35-19(13-22(36)34-18-6-5-17(33)12-18)7-1-14-11-15(2-10-21(14)35)23(37,24(27,28)29)25(30,31)32/h2-4,8-11,17-19,37H,1,5-7,12-13,33H2,(H,34,36)/t17-,18-,19+/m1/s1. The van der Waals surface area contributed by atoms with Gasteiger partial charge in [0.1, 0.15) is 5.82 Å². The summed E-state index contributed by atoms with van der Waals surface area (Å²) in [6, 6.07) is 3.86. The van der Waals surface area contributed by atoms with Gasteiger partial charge in [0.05, 0.1) is 16.6 Å². The Labute approximate surface area is 225 Å². The van der Waals surface area contributed by atoms with Gasteiger partial charge < -0.3 is 16.2 Å². The first kappa shape index (κ1) is 30.1. The molecule has 1 saturated carbocycles. The van der Waals surface area contributed by atoms with E-state index in [4.69, 9.17) is 5.73 Å². The van der Waals surface area contributed by atoms with E-state index in [0.29, 0.717) is 31.4 Å². The van der Waals surface area contributed by atoms with Gasteiger partial charge in [-0.15, -0.1) is 0 Å². The van der Waals surface area contributed by atoms with Gasteiger partial charge in [0.25, 0.3) is 15.6 Å². The maximum Gasteiger partial charge on any atom is 0.430 e. The molecule has 1 fully saturated rings. The summed E-state index contributed by atoms with van der Waals surface area (Å²) in [5.41, 5.74) is -1.34. The second-order valence-electron chi connectivity index (χ2n) is 10.0. The van der Waals surface area contributed by atoms with E-state index in [1.165, 1.54) is 0 Å². The molecule has 40 heavy (non-hydrogen) atoms. The lowest BCUT2D eigenvalue weighted by Gasteiger charge is -2.39. The topological polar surface area (TPSA) is 113 Å². The van der Waals surface area contributed by atoms with E-state index in [-0.39, 0.29) is 42.6 Å². The van der Waals surface area contributed by atoms with Crippen molar-refractivity contribution in [2.24, 2.45) is 5.73 Å². The van der Waals surface area contributed by atoms with Crippen LogP contribution in [0.15, 0.2) is 47.4 Å². The third kappa shape index (κ3) is 5.50. The van der Waals surface area contributed by atoms with Crippen LogP contribution >= 0.6 is 0 Å². The van der Waals surface area contributed by atoms with Crippen molar-refractivity contribution in [1.29, 1.82) is 0 Å². The first-order chi connectivity index (χ1) is 18.4. The number of nitrogens with one attached hydrogen (secondary N) is 1. The summed E-state index contributed by atoms with van der Waals surface area (Å²) < 4.78 is 122. The van der Waals surface area contributed by atoms with Crippen LogP contribution in [0.1, 0.15) is 43.2 Å². The minimum absolute atomic E-state index is 0.0940. The van der Waals surface area contributed by atoms with Gasteiger partial charge in [-0.3, -0.25) is 9.10 Å². The van der Waals surface area contributed by atoms with Gasteiger partial charge in [0.15, 0.2) is 0 Å². The first-order valence-corrected chi connectivity index (χ1v) is 13.7. The molecule has 4 rings (SSSR count). The quantitative estimate of drug-likeness (QED) is 0.436. The first-order valence-electron chi connectivity index (χ1n) is 12.3. The molecule has 1 aliphatic carbocycles. The van der Waals surface area contributed by atoms with Gasteiger partial charge in [-0.05, 0) is 68.0 Å². The van der Waals surface area contributed by atoms with Crippen molar-refractivity contribution in [1.82, 2.24) is 5.32 Å². The highest BCUT2D eigenvalue weighted by atomic mass is 32.2. The second-order valence-corrected chi connectivity index (χ2v) is 11.9. The highest BCUT2D eigenvalue weighted by Crippen LogP contribution is 2.51. The highest BCUT2D eigenvalue weighted by molar-refractivity contribution is 7.92. The number of benzene rings is 2. The zero-order valence-electron chi connectivity index (χ0n) is 20.8. The van der Waals surface area contributed by atoms with Gasteiger partial charge >= 0.3 is 12.4 Å². The summed E-state index contributed by atoms with van der Waals surface area (Å²) >= 11 is 0. The summed E-state index contributed by atoms with van der Waals surface area (Å²) in [6.45, 7) is 0. The molecule has 3 atom stereocenters. The Bertz CT molecular complexity index is 1350. The Morgan fingerprint density at radius 2 is 1.62 bits per heavy atom. The molecule has 0 saturated heterocycles. The van der Waals surface area contributed by atoms with E-state index in [9.17, 15) is 49.1 Å². The van der Waals surface area contributed by atoms with Crippen molar-refractivity contribution >= 4 is 21.6 Å². The van der Waals surface area contributed by atoms with Crippen LogP contribution < -0.4 is 15.4 Å². The van der Waals surface area contributed by atoms with Crippen molar-refractivity contribution in [2.75, 3.05) is 4.31 Å². The number of nitrogens with zero attached hydrogens (tertiary/aromatic N) is 1. The molecule has 2 aromatic rings. The molecule has 220 valence electrons. The fraction of sp³-hybridized carbons (Fsp3) is 0.480. The molecule has 7 nitrogen and oxygen atoms in total. The number of rotatable bonds is 6. The van der Waals surface area contributed by atoms with Crippen molar-refractivity contribution in [3.63, 3.8) is 0 Å². The van der Waals surface area contributed by atoms with Crippen molar-refractivity contribution in [3.8, 4) is 0 Å². The predicted octanol–water partition coefficient (Wildman–Crippen LogP) is 4.03. The third-order valence-corrected chi connectivity index (χ3v) is 9.14. The number of nitrogens with two attached hydrogens (primary N) is 1. The van der Waals surface area contributed by atoms with Gasteiger partial charge in [-0.2, -0.15) is 26.3 Å². The number of halogens is 7. The molecule has 0 bridgehead atoms. The number of sulfonamides is 1. The van der Waals surface area contributed by atoms with Crippen LogP contribution in [-0.4, -0.2) is 49.9 Å². The molecule has 0 aromatic heterocycles. The van der Waals surface area contributed by atoms with Crippen molar-refractivity contribution in [2.45, 2.75) is 79.5 Å². The average Bonchev–Trinajstić information content (AvgIpc) is 3.25. The molecule has 0 radical (unpaired) electrons. The molecule has 4 N–H and O–H groups in total. The molecule has 1 heterocycles. The summed E-state index contributed by atoms with van der Waals surface area (Å²) in [4.78, 5) is 12.4. The number of fused-ring (bicyclic) bond motifs is 1. The Hall–Kier alpha value is -2.91. The molecule has 1 aliphatic heterocycles. The lowest BCUT2D eigenvalue weighted by Crippen LogP contribution is -2.54. The van der Waals surface area contributed by atoms with Crippen LogP contribution in [0.2, 0.25) is 0 Å². The number of hydrogen-bond acceptors (Lipinski definition) is 5. The Kier molecular flexibility index (Phi) is 7.88. The van der Waals surface area contributed by atoms with Crippen LogP contribution in [0, 0.1) is 5.82 Å². The SMILES string of the molecule is N[C@@H]1CC[C@@H](NC(=O)C[C@@H]2CCc3cc(C(O)(C(F)(F)F)C(F)(F)F)ccc3N2S(=O)(=O)c2ccc(F)cc2)C1. The normalized spacial score (nSPS) is 22.2. The van der Waals surface area contributed by atoms with E-state index in [0.717, 1.165) is 34.6 Å². The lowest BCUT2D eigenvalue weighted by molar-refractivity contribution is -0.376. The monoisotopic (exact) mass is 597 g/mol. The van der Waals surface area contributed by atoms with E-state index >= 15 is 0 Å². The zero-order valence-corrected chi connectivity index (χ0v) is 21.6. The average molecular weight is 598 g/mol. The van der Waals surface area contributed by atoms with Crippen LogP contribution in [0.25, 0.3) is 0 Å². The van der Waals surface area contributed by atoms with E-state index in [1.807, 2.05) is 0 Å². The van der Waals surface area contributed by atoms with Crippen LogP contribution in [-0.2, 0) is 26.8 Å². The van der Waals surface area contributed by atoms with E-state index in [2.05, 4.69) is 5.32 Å². The maximum atomic E-state index is 13.7. The number of carbonyl (C=O) groups excluding carboxylic acids is 1. The van der Waals surface area contributed by atoms with Crippen LogP contribution in [0.3, 0.4) is 0 Å². The predicted molar refractivity (Wildman–Crippen MR) is 129 cm³/mol. The summed E-state index contributed by atoms with van der Waals surface area (Å²) in [5, 5.41) is 12.6. The minimum atomic E-state index is -6.13. The maximum absolute atomic E-state index is 13.7. The number of carbonyl (C=O) groups is 1. The summed E-state index contributed by atoms with van der Waals surface area (Å²) in [5.74, 6) is -1.25. The number of aliphatic hydroxyl groups is 1. The van der Waals surface area contributed by atoms with E-state index in [1.54, 1.807) is 0 Å². The Morgan fingerprint density at radius 1 is 1.00 bits per heavy atom. The van der Waals surface area contributed by atoms with Crippen LogP contribution in [0.4, 0.5) is 36.4 Å². The fourth-order valence-electron chi connectivity index (χ4n) is 5.23. The van der Waals surface area contributed by atoms with Crippen LogP contribution in [0.5, 0.6) is 0 Å². The smallest absolute Gasteiger partial charge is 0.369 e. The largest absolute Gasteiger partial charge is 0.430 e. The molecule has 0 spiro atoms. The fourth-order valence-corrected chi connectivity index (χ4v) is 6.95. The molecular formula is C25H26F7N3O4S. The van der Waals surface area contributed by atoms with Gasteiger partial charge in [-0.1, -0.05) is 12.1 Å². The highest BCUT2D eigenvalue weighted by Gasteiger charge is 2.71. The molecular weight excluding hydrogens is 571 g/mol. The number of hydrogen-bond donors (Lipinski definition) is 3. The third-order valence-electron chi connectivity index (χ3n) is 7.26. The van der Waals surface area contributed by atoms with Gasteiger partial charge in [0, 0.05) is 24.1 Å². The summed E-state index contributed by atoms with van der Waals surface area (Å²) in [7, 11) is -4.57. The number of anilines is 1. The second kappa shape index (κ2) is 10.5. The molecule has 15 heteroatoms. The van der Waals surface area contributed by atoms with Gasteiger partial charge in [-0.25, -0.2) is 12.8 Å². The summed E-state index contributed by atoms with van der Waals surface area (Å²) in [6.07, 6.45) is -11.1. The Balaban J connectivity index is 1.76. The zero-order chi connectivity index (χ0) is 29.7. The molecule has 0 unspecified atom stereocenters. The lowest BCUT2D eigenvalue weighted by atomic mass is 9.87. The minimum Gasteiger partial charge on any atom is -0.369 e. The number of aryl methyl sites for hydroxylation is 1. The van der Waals surface area contributed by atoms with Gasteiger partial charge in [0.2, 0.25) is 5.91 Å².